The van der Waals surface area contributed by atoms with Crippen LogP contribution in [0, 0.1) is 35.5 Å². The van der Waals surface area contributed by atoms with Crippen molar-refractivity contribution in [3.05, 3.63) is 35.5 Å². The molecule has 15 atom stereocenters. The van der Waals surface area contributed by atoms with Gasteiger partial charge in [-0.05, 0) is 101 Å². The lowest BCUT2D eigenvalue weighted by molar-refractivity contribution is -0.265. The number of ketones is 4. The van der Waals surface area contributed by atoms with Crippen molar-refractivity contribution in [2.45, 2.75) is 186 Å². The molecule has 2 saturated heterocycles. The molecule has 4 rings (SSSR count). The molecule has 3 heterocycles. The molecule has 0 aromatic carbocycles. The average molecular weight is 930 g/mol. The lowest BCUT2D eigenvalue weighted by Gasteiger charge is -2.42. The maximum absolute atomic E-state index is 14.4. The summed E-state index contributed by atoms with van der Waals surface area (Å²) in [7, 11) is 4.42. The van der Waals surface area contributed by atoms with Crippen molar-refractivity contribution in [2.24, 2.45) is 35.5 Å². The molecule has 3 aliphatic heterocycles. The maximum Gasteiger partial charge on any atom is 0.329 e. The zero-order chi connectivity index (χ0) is 49.0. The van der Waals surface area contributed by atoms with Crippen molar-refractivity contribution in [3.8, 4) is 0 Å². The fourth-order valence-electron chi connectivity index (χ4n) is 10.2. The summed E-state index contributed by atoms with van der Waals surface area (Å²) in [5, 5.41) is 33.8. The lowest BCUT2D eigenvalue weighted by Crippen LogP contribution is -2.61. The van der Waals surface area contributed by atoms with E-state index < -0.39 is 89.8 Å². The normalized spacial score (nSPS) is 39.8. The van der Waals surface area contributed by atoms with Crippen molar-refractivity contribution in [1.82, 2.24) is 4.90 Å². The van der Waals surface area contributed by atoms with E-state index in [1.54, 1.807) is 60.0 Å². The number of carbonyl (C=O) groups is 6. The molecular formula is C51H79NO14. The highest BCUT2D eigenvalue weighted by atomic mass is 16.6. The van der Waals surface area contributed by atoms with Gasteiger partial charge in [0, 0.05) is 70.8 Å². The monoisotopic (exact) mass is 930 g/mol. The van der Waals surface area contributed by atoms with Crippen LogP contribution in [0.1, 0.15) is 132 Å². The van der Waals surface area contributed by atoms with Crippen molar-refractivity contribution in [3.63, 3.8) is 0 Å². The molecular weight excluding hydrogens is 851 g/mol. The van der Waals surface area contributed by atoms with Gasteiger partial charge in [-0.25, -0.2) is 4.79 Å². The first-order chi connectivity index (χ1) is 31.2. The van der Waals surface area contributed by atoms with Gasteiger partial charge in [-0.1, -0.05) is 58.9 Å². The van der Waals surface area contributed by atoms with Crippen LogP contribution in [-0.4, -0.2) is 138 Å². The van der Waals surface area contributed by atoms with Crippen LogP contribution in [0.25, 0.3) is 0 Å². The van der Waals surface area contributed by atoms with E-state index in [-0.39, 0.29) is 73.9 Å². The Morgan fingerprint density at radius 3 is 2.21 bits per heavy atom. The summed E-state index contributed by atoms with van der Waals surface area (Å²) < 4.78 is 29.3. The molecule has 1 aliphatic carbocycles. The number of nitrogens with zero attached hydrogens (tertiary/aromatic N) is 1. The highest BCUT2D eigenvalue weighted by molar-refractivity contribution is 6.39. The van der Waals surface area contributed by atoms with Crippen LogP contribution in [0.2, 0.25) is 0 Å². The average Bonchev–Trinajstić information content (AvgIpc) is 3.29. The molecule has 0 spiro atoms. The minimum Gasteiger partial charge on any atom is -0.460 e. The summed E-state index contributed by atoms with van der Waals surface area (Å²) in [6.45, 7) is 12.2. The first-order valence-electron chi connectivity index (χ1n) is 24.2. The van der Waals surface area contributed by atoms with Crippen LogP contribution in [0.4, 0.5) is 0 Å². The Kier molecular flexibility index (Phi) is 21.1. The fraction of sp³-hybridized carbons (Fsp3) is 0.765. The van der Waals surface area contributed by atoms with Crippen molar-refractivity contribution in [1.29, 1.82) is 0 Å². The Balaban J connectivity index is 1.70. The van der Waals surface area contributed by atoms with Crippen molar-refractivity contribution >= 4 is 35.0 Å². The number of methoxy groups -OCH3 is 3. The maximum atomic E-state index is 14.4. The summed E-state index contributed by atoms with van der Waals surface area (Å²) in [6, 6.07) is -1.16. The number of cyclic esters (lactones) is 1. The van der Waals surface area contributed by atoms with Crippen LogP contribution in [0.5, 0.6) is 0 Å². The number of fused-ring (bicyclic) bond motifs is 3. The number of piperidine rings is 1. The lowest BCUT2D eigenvalue weighted by atomic mass is 9.78. The third-order valence-electron chi connectivity index (χ3n) is 14.8. The predicted octanol–water partition coefficient (Wildman–Crippen LogP) is 5.58. The smallest absolute Gasteiger partial charge is 0.329 e. The van der Waals surface area contributed by atoms with Gasteiger partial charge >= 0.3 is 5.97 Å². The number of allylic oxidation sites excluding steroid dienone is 4. The number of ether oxygens (including phenoxy) is 5. The summed E-state index contributed by atoms with van der Waals surface area (Å²) >= 11 is 0. The van der Waals surface area contributed by atoms with Crippen LogP contribution in [0.3, 0.4) is 0 Å². The second-order valence-corrected chi connectivity index (χ2v) is 19.8. The van der Waals surface area contributed by atoms with Gasteiger partial charge in [-0.15, -0.1) is 0 Å². The van der Waals surface area contributed by atoms with Crippen LogP contribution >= 0.6 is 0 Å². The van der Waals surface area contributed by atoms with E-state index in [2.05, 4.69) is 0 Å². The Bertz CT molecular complexity index is 1790. The first-order valence-corrected chi connectivity index (χ1v) is 24.2. The topological polar surface area (TPSA) is 212 Å². The van der Waals surface area contributed by atoms with Gasteiger partial charge in [0.1, 0.15) is 35.9 Å². The van der Waals surface area contributed by atoms with Crippen LogP contribution in [-0.2, 0) is 52.5 Å². The molecule has 0 radical (unpaired) electrons. The van der Waals surface area contributed by atoms with E-state index in [1.807, 2.05) is 19.9 Å². The van der Waals surface area contributed by atoms with E-state index in [1.165, 1.54) is 19.1 Å². The molecule has 15 heteroatoms. The number of carbonyl (C=O) groups excluding carboxylic acids is 6. The van der Waals surface area contributed by atoms with Crippen molar-refractivity contribution in [2.75, 3.05) is 27.9 Å². The number of esters is 1. The number of hydrogen-bond donors (Lipinski definition) is 3. The third-order valence-corrected chi connectivity index (χ3v) is 14.8. The van der Waals surface area contributed by atoms with Gasteiger partial charge in [0.15, 0.2) is 5.78 Å². The summed E-state index contributed by atoms with van der Waals surface area (Å²) in [5.41, 5.74) is 1.13. The van der Waals surface area contributed by atoms with E-state index in [0.717, 1.165) is 5.57 Å². The molecule has 372 valence electrons. The highest BCUT2D eigenvalue weighted by Gasteiger charge is 2.53. The largest absolute Gasteiger partial charge is 0.460 e. The molecule has 0 aromatic heterocycles. The molecule has 3 fully saturated rings. The molecule has 0 unspecified atom stereocenters. The second-order valence-electron chi connectivity index (χ2n) is 19.8. The predicted molar refractivity (Wildman–Crippen MR) is 246 cm³/mol. The van der Waals surface area contributed by atoms with Gasteiger partial charge in [0.2, 0.25) is 5.79 Å². The van der Waals surface area contributed by atoms with Gasteiger partial charge in [0.25, 0.3) is 11.7 Å². The molecule has 1 saturated carbocycles. The molecule has 15 nitrogen and oxygen atoms in total. The van der Waals surface area contributed by atoms with E-state index in [4.69, 9.17) is 23.7 Å². The number of aliphatic hydroxyl groups excluding tert-OH is 2. The fourth-order valence-corrected chi connectivity index (χ4v) is 10.2. The van der Waals surface area contributed by atoms with Crippen LogP contribution < -0.4 is 0 Å². The number of amides is 1. The summed E-state index contributed by atoms with van der Waals surface area (Å²) in [5.74, 6) is -9.06. The Morgan fingerprint density at radius 1 is 0.833 bits per heavy atom. The second kappa shape index (κ2) is 25.2. The number of aliphatic hydroxyl groups is 3. The quantitative estimate of drug-likeness (QED) is 0.169. The van der Waals surface area contributed by atoms with Gasteiger partial charge in [-0.3, -0.25) is 24.0 Å². The van der Waals surface area contributed by atoms with Crippen molar-refractivity contribution < 1.29 is 67.8 Å². The zero-order valence-electron chi connectivity index (χ0n) is 41.1. The van der Waals surface area contributed by atoms with Crippen LogP contribution in [0.15, 0.2) is 35.5 Å². The summed E-state index contributed by atoms with van der Waals surface area (Å²) in [4.78, 5) is 85.0. The molecule has 2 bridgehead atoms. The first kappa shape index (κ1) is 55.2. The van der Waals surface area contributed by atoms with E-state index >= 15 is 0 Å². The SMILES string of the molecule is CO[C@H]1C[C@@H]2CC[C@@H](C)[C@@](O)(O2)C(=O)C(=O)N2CCCC[C@H]2C(=O)O[C@H]([C@H](C)C[C@@H]2CC[C@@H](O)[C@H](OC)C2)CC(=O)[C@H](C)/C=C(/C)[C@@H](O)[C@@H](OC)C(=O)[C@H](C)C[C@H](C)C(=O)C/C=C\C=C\1C. The van der Waals surface area contributed by atoms with Gasteiger partial charge in [0.05, 0.1) is 24.4 Å². The summed E-state index contributed by atoms with van der Waals surface area (Å²) in [6.07, 6.45) is 6.14. The third kappa shape index (κ3) is 14.1. The Labute approximate surface area is 392 Å². The Morgan fingerprint density at radius 2 is 1.55 bits per heavy atom. The number of Topliss-reactive ketones (excluding diaryl/α,β-unsaturated/α-hetero) is 4. The standard InChI is InChI=1S/C51H79NO14/c1-29-15-11-12-17-39(53)30(2)23-33(5)45(56)47(64-10)46(57)34(6)24-31(3)41(55)28-43(32(4)25-36-19-21-40(54)44(26-36)63-9)65-50(60)38-16-13-14-22-52(38)49(59)48(58)51(61)35(7)18-20-37(66-51)27-42(29)62-8/h11-12,15,24,30-33,35-38,40,42-44,46-47,54,57,61H,13-14,16-23,25-28H2,1-10H3/b12-11-,29-15+,34-24-/t30-,31+,32+,33+,35+,36-,37-,38-,40+,42-,43-,44+,46+,47-,51+/m0/s1. The molecule has 0 aromatic rings. The van der Waals surface area contributed by atoms with Gasteiger partial charge < -0.3 is 43.9 Å². The highest BCUT2D eigenvalue weighted by Crippen LogP contribution is 2.38. The minimum atomic E-state index is -2.46. The Hall–Kier alpha value is -3.44. The molecule has 3 N–H and O–H groups in total. The minimum absolute atomic E-state index is 0.0706. The molecule has 1 amide bonds. The molecule has 66 heavy (non-hydrogen) atoms. The zero-order valence-corrected chi connectivity index (χ0v) is 41.1. The number of rotatable bonds is 6. The van der Waals surface area contributed by atoms with E-state index in [0.29, 0.717) is 56.9 Å². The molecule has 4 aliphatic rings. The number of hydrogen-bond acceptors (Lipinski definition) is 14. The van der Waals surface area contributed by atoms with Gasteiger partial charge in [-0.2, -0.15) is 0 Å². The van der Waals surface area contributed by atoms with E-state index in [9.17, 15) is 44.1 Å².